The SMILES string of the molecule is COc1c[nH]c(CN2CCCC(c3ccc(C(=O)O)cc3)C2)cc1=O. The lowest BCUT2D eigenvalue weighted by molar-refractivity contribution is 0.0697. The number of carboxylic acid groups (broad SMARTS) is 1. The van der Waals surface area contributed by atoms with Crippen LogP contribution in [0.3, 0.4) is 0 Å². The van der Waals surface area contributed by atoms with Gasteiger partial charge in [0.2, 0.25) is 5.43 Å². The maximum absolute atomic E-state index is 11.9. The van der Waals surface area contributed by atoms with Crippen molar-refractivity contribution in [2.75, 3.05) is 20.2 Å². The zero-order valence-corrected chi connectivity index (χ0v) is 14.2. The third-order valence-electron chi connectivity index (χ3n) is 4.69. The van der Waals surface area contributed by atoms with E-state index in [1.807, 2.05) is 12.1 Å². The molecule has 132 valence electrons. The Hall–Kier alpha value is -2.60. The van der Waals surface area contributed by atoms with Gasteiger partial charge >= 0.3 is 5.97 Å². The quantitative estimate of drug-likeness (QED) is 0.872. The molecule has 1 saturated heterocycles. The molecule has 0 saturated carbocycles. The summed E-state index contributed by atoms with van der Waals surface area (Å²) in [6, 6.07) is 8.74. The second kappa shape index (κ2) is 7.53. The smallest absolute Gasteiger partial charge is 0.335 e. The summed E-state index contributed by atoms with van der Waals surface area (Å²) in [5, 5.41) is 9.01. The first-order valence-electron chi connectivity index (χ1n) is 8.38. The average molecular weight is 342 g/mol. The number of methoxy groups -OCH3 is 1. The van der Waals surface area contributed by atoms with E-state index in [9.17, 15) is 9.59 Å². The number of carbonyl (C=O) groups is 1. The van der Waals surface area contributed by atoms with Gasteiger partial charge in [0.1, 0.15) is 0 Å². The summed E-state index contributed by atoms with van der Waals surface area (Å²) in [4.78, 5) is 28.3. The topological polar surface area (TPSA) is 82.6 Å². The maximum Gasteiger partial charge on any atom is 0.335 e. The Balaban J connectivity index is 1.67. The standard InChI is InChI=1S/C19H22N2O4/c1-25-18-10-20-16(9-17(18)22)12-21-8-2-3-15(11-21)13-4-6-14(7-5-13)19(23)24/h4-7,9-10,15H,2-3,8,11-12H2,1H3,(H,20,22)(H,23,24). The molecular formula is C19H22N2O4. The first kappa shape index (κ1) is 17.2. The lowest BCUT2D eigenvalue weighted by Gasteiger charge is -2.33. The zero-order chi connectivity index (χ0) is 17.8. The summed E-state index contributed by atoms with van der Waals surface area (Å²) >= 11 is 0. The molecule has 6 nitrogen and oxygen atoms in total. The Morgan fingerprint density at radius 1 is 1.36 bits per heavy atom. The van der Waals surface area contributed by atoms with Crippen LogP contribution in [-0.4, -0.2) is 41.2 Å². The molecule has 0 amide bonds. The predicted octanol–water partition coefficient (Wildman–Crippen LogP) is 2.46. The number of aromatic nitrogens is 1. The molecule has 2 heterocycles. The minimum atomic E-state index is -0.903. The molecule has 0 spiro atoms. The number of aromatic carboxylic acids is 1. The largest absolute Gasteiger partial charge is 0.491 e. The number of H-pyrrole nitrogens is 1. The van der Waals surface area contributed by atoms with E-state index in [2.05, 4.69) is 9.88 Å². The van der Waals surface area contributed by atoms with Crippen LogP contribution in [-0.2, 0) is 6.54 Å². The number of hydrogen-bond acceptors (Lipinski definition) is 4. The normalized spacial score (nSPS) is 18.0. The van der Waals surface area contributed by atoms with Crippen molar-refractivity contribution in [3.63, 3.8) is 0 Å². The van der Waals surface area contributed by atoms with Gasteiger partial charge in [0.05, 0.1) is 12.7 Å². The number of nitrogens with zero attached hydrogens (tertiary/aromatic N) is 1. The lowest BCUT2D eigenvalue weighted by Crippen LogP contribution is -2.34. The molecule has 1 fully saturated rings. The highest BCUT2D eigenvalue weighted by Crippen LogP contribution is 2.27. The van der Waals surface area contributed by atoms with E-state index in [0.717, 1.165) is 37.2 Å². The van der Waals surface area contributed by atoms with E-state index in [1.165, 1.54) is 7.11 Å². The maximum atomic E-state index is 11.9. The van der Waals surface area contributed by atoms with Crippen molar-refractivity contribution < 1.29 is 14.6 Å². The Bertz CT molecular complexity index is 798. The van der Waals surface area contributed by atoms with Crippen LogP contribution >= 0.6 is 0 Å². The second-order valence-electron chi connectivity index (χ2n) is 6.39. The molecule has 2 aromatic rings. The van der Waals surface area contributed by atoms with Crippen LogP contribution in [0.4, 0.5) is 0 Å². The van der Waals surface area contributed by atoms with Gasteiger partial charge in [0.15, 0.2) is 5.75 Å². The Morgan fingerprint density at radius 3 is 2.76 bits per heavy atom. The van der Waals surface area contributed by atoms with Crippen molar-refractivity contribution >= 4 is 5.97 Å². The summed E-state index contributed by atoms with van der Waals surface area (Å²) in [5.41, 5.74) is 2.23. The highest BCUT2D eigenvalue weighted by atomic mass is 16.5. The number of carboxylic acids is 1. The van der Waals surface area contributed by atoms with Gasteiger partial charge in [-0.1, -0.05) is 12.1 Å². The van der Waals surface area contributed by atoms with E-state index in [1.54, 1.807) is 24.4 Å². The number of aromatic amines is 1. The monoisotopic (exact) mass is 342 g/mol. The molecule has 1 aromatic carbocycles. The highest BCUT2D eigenvalue weighted by molar-refractivity contribution is 5.87. The van der Waals surface area contributed by atoms with E-state index in [-0.39, 0.29) is 5.43 Å². The number of ether oxygens (including phenoxy) is 1. The van der Waals surface area contributed by atoms with Gasteiger partial charge in [-0.15, -0.1) is 0 Å². The molecular weight excluding hydrogens is 320 g/mol. The molecule has 0 radical (unpaired) electrons. The zero-order valence-electron chi connectivity index (χ0n) is 14.2. The number of nitrogens with one attached hydrogen (secondary N) is 1. The first-order chi connectivity index (χ1) is 12.1. The first-order valence-corrected chi connectivity index (χ1v) is 8.38. The summed E-state index contributed by atoms with van der Waals surface area (Å²) in [7, 11) is 1.48. The van der Waals surface area contributed by atoms with Crippen LogP contribution < -0.4 is 10.2 Å². The van der Waals surface area contributed by atoms with Crippen molar-refractivity contribution in [2.45, 2.75) is 25.3 Å². The number of likely N-dealkylation sites (tertiary alicyclic amines) is 1. The summed E-state index contributed by atoms with van der Waals surface area (Å²) in [6.45, 7) is 2.56. The predicted molar refractivity (Wildman–Crippen MR) is 94.3 cm³/mol. The fourth-order valence-electron chi connectivity index (χ4n) is 3.36. The van der Waals surface area contributed by atoms with Gasteiger partial charge in [-0.3, -0.25) is 9.69 Å². The third kappa shape index (κ3) is 4.09. The average Bonchev–Trinajstić information content (AvgIpc) is 2.62. The molecule has 3 rings (SSSR count). The summed E-state index contributed by atoms with van der Waals surface area (Å²) < 4.78 is 4.99. The van der Waals surface area contributed by atoms with Crippen molar-refractivity contribution in [3.05, 3.63) is 63.6 Å². The molecule has 1 aromatic heterocycles. The number of pyridine rings is 1. The van der Waals surface area contributed by atoms with Gasteiger partial charge in [0.25, 0.3) is 0 Å². The molecule has 0 bridgehead atoms. The van der Waals surface area contributed by atoms with Crippen molar-refractivity contribution in [1.82, 2.24) is 9.88 Å². The lowest BCUT2D eigenvalue weighted by atomic mass is 9.90. The van der Waals surface area contributed by atoms with Crippen molar-refractivity contribution in [1.29, 1.82) is 0 Å². The molecule has 25 heavy (non-hydrogen) atoms. The molecule has 1 aliphatic heterocycles. The Morgan fingerprint density at radius 2 is 2.12 bits per heavy atom. The van der Waals surface area contributed by atoms with E-state index in [4.69, 9.17) is 9.84 Å². The fraction of sp³-hybridized carbons (Fsp3) is 0.368. The Kier molecular flexibility index (Phi) is 5.19. The molecule has 0 aliphatic carbocycles. The molecule has 1 atom stereocenters. The number of piperidine rings is 1. The van der Waals surface area contributed by atoms with Gasteiger partial charge in [0, 0.05) is 31.0 Å². The molecule has 2 N–H and O–H groups in total. The van der Waals surface area contributed by atoms with Crippen LogP contribution in [0.1, 0.15) is 40.4 Å². The molecule has 1 aliphatic rings. The summed E-state index contributed by atoms with van der Waals surface area (Å²) in [5.74, 6) is -0.208. The fourth-order valence-corrected chi connectivity index (χ4v) is 3.36. The van der Waals surface area contributed by atoms with Gasteiger partial charge in [-0.05, 0) is 43.0 Å². The van der Waals surface area contributed by atoms with Gasteiger partial charge in [-0.2, -0.15) is 0 Å². The second-order valence-corrected chi connectivity index (χ2v) is 6.39. The third-order valence-corrected chi connectivity index (χ3v) is 4.69. The van der Waals surface area contributed by atoms with Crippen LogP contribution in [0.25, 0.3) is 0 Å². The minimum absolute atomic E-state index is 0.117. The van der Waals surface area contributed by atoms with Crippen LogP contribution in [0.5, 0.6) is 5.75 Å². The Labute approximate surface area is 146 Å². The van der Waals surface area contributed by atoms with Crippen molar-refractivity contribution in [3.8, 4) is 5.75 Å². The van der Waals surface area contributed by atoms with Crippen molar-refractivity contribution in [2.24, 2.45) is 0 Å². The van der Waals surface area contributed by atoms with Gasteiger partial charge < -0.3 is 14.8 Å². The minimum Gasteiger partial charge on any atom is -0.491 e. The van der Waals surface area contributed by atoms with E-state index < -0.39 is 5.97 Å². The van der Waals surface area contributed by atoms with E-state index in [0.29, 0.717) is 23.8 Å². The summed E-state index contributed by atoms with van der Waals surface area (Å²) in [6.07, 6.45) is 3.76. The van der Waals surface area contributed by atoms with Crippen LogP contribution in [0, 0.1) is 0 Å². The number of hydrogen-bond donors (Lipinski definition) is 2. The molecule has 6 heteroatoms. The van der Waals surface area contributed by atoms with Gasteiger partial charge in [-0.25, -0.2) is 4.79 Å². The van der Waals surface area contributed by atoms with Crippen LogP contribution in [0.2, 0.25) is 0 Å². The number of rotatable bonds is 5. The number of benzene rings is 1. The van der Waals surface area contributed by atoms with Crippen LogP contribution in [0.15, 0.2) is 41.3 Å². The highest BCUT2D eigenvalue weighted by Gasteiger charge is 2.22. The van der Waals surface area contributed by atoms with E-state index >= 15 is 0 Å². The molecule has 1 unspecified atom stereocenters.